The van der Waals surface area contributed by atoms with Crippen molar-refractivity contribution in [1.82, 2.24) is 30.1 Å². The SMILES string of the molecule is O=C(Nc1ncnc2nc[nH]c12)c1ccc(N2CCCC2)nn1. The van der Waals surface area contributed by atoms with E-state index in [4.69, 9.17) is 0 Å². The fraction of sp³-hybridized carbons (Fsp3) is 0.286. The Kier molecular flexibility index (Phi) is 3.30. The van der Waals surface area contributed by atoms with Crippen molar-refractivity contribution in [3.8, 4) is 0 Å². The van der Waals surface area contributed by atoms with E-state index in [1.807, 2.05) is 6.07 Å². The fourth-order valence-electron chi connectivity index (χ4n) is 2.59. The Balaban J connectivity index is 1.53. The molecule has 0 aromatic carbocycles. The molecule has 0 saturated carbocycles. The Morgan fingerprint density at radius 3 is 2.78 bits per heavy atom. The van der Waals surface area contributed by atoms with Gasteiger partial charge in [-0.3, -0.25) is 4.79 Å². The van der Waals surface area contributed by atoms with Crippen molar-refractivity contribution in [2.24, 2.45) is 0 Å². The monoisotopic (exact) mass is 310 g/mol. The molecule has 1 aliphatic rings. The minimum Gasteiger partial charge on any atom is -0.355 e. The third kappa shape index (κ3) is 2.56. The molecule has 3 aromatic rings. The van der Waals surface area contributed by atoms with E-state index in [0.717, 1.165) is 31.7 Å². The predicted molar refractivity (Wildman–Crippen MR) is 83.1 cm³/mol. The minimum atomic E-state index is -0.375. The average Bonchev–Trinajstić information content (AvgIpc) is 3.27. The number of fused-ring (bicyclic) bond motifs is 1. The Morgan fingerprint density at radius 2 is 2.00 bits per heavy atom. The molecule has 1 amide bonds. The van der Waals surface area contributed by atoms with Gasteiger partial charge in [0.15, 0.2) is 23.0 Å². The van der Waals surface area contributed by atoms with Gasteiger partial charge in [0.05, 0.1) is 6.33 Å². The van der Waals surface area contributed by atoms with Gasteiger partial charge < -0.3 is 15.2 Å². The topological polar surface area (TPSA) is 113 Å². The number of aromatic nitrogens is 6. The predicted octanol–water partition coefficient (Wildman–Crippen LogP) is 0.995. The Hall–Kier alpha value is -3.10. The number of aromatic amines is 1. The molecule has 1 aliphatic heterocycles. The van der Waals surface area contributed by atoms with Crippen LogP contribution in [0.5, 0.6) is 0 Å². The van der Waals surface area contributed by atoms with Crippen molar-refractivity contribution >= 4 is 28.7 Å². The number of nitrogens with zero attached hydrogens (tertiary/aromatic N) is 6. The van der Waals surface area contributed by atoms with Crippen LogP contribution in [0.15, 0.2) is 24.8 Å². The molecule has 23 heavy (non-hydrogen) atoms. The first-order valence-corrected chi connectivity index (χ1v) is 7.35. The molecule has 0 atom stereocenters. The van der Waals surface area contributed by atoms with Crippen LogP contribution < -0.4 is 10.2 Å². The average molecular weight is 310 g/mol. The van der Waals surface area contributed by atoms with Crippen LogP contribution in [0.25, 0.3) is 11.2 Å². The molecule has 1 fully saturated rings. The van der Waals surface area contributed by atoms with Gasteiger partial charge in [0, 0.05) is 13.1 Å². The molecule has 0 aliphatic carbocycles. The maximum absolute atomic E-state index is 12.3. The van der Waals surface area contributed by atoms with Gasteiger partial charge >= 0.3 is 0 Å². The molecule has 3 aromatic heterocycles. The second kappa shape index (κ2) is 5.59. The second-order valence-corrected chi connectivity index (χ2v) is 5.25. The first kappa shape index (κ1) is 13.6. The van der Waals surface area contributed by atoms with Gasteiger partial charge in [-0.25, -0.2) is 15.0 Å². The van der Waals surface area contributed by atoms with Gasteiger partial charge in [0.25, 0.3) is 5.91 Å². The van der Waals surface area contributed by atoms with E-state index < -0.39 is 0 Å². The maximum atomic E-state index is 12.3. The normalized spacial score (nSPS) is 14.3. The lowest BCUT2D eigenvalue weighted by Gasteiger charge is -2.15. The number of amides is 1. The van der Waals surface area contributed by atoms with Crippen LogP contribution in [-0.4, -0.2) is 49.1 Å². The minimum absolute atomic E-state index is 0.235. The number of carbonyl (C=O) groups excluding carboxylic acids is 1. The summed E-state index contributed by atoms with van der Waals surface area (Å²) >= 11 is 0. The highest BCUT2D eigenvalue weighted by atomic mass is 16.2. The Bertz CT molecular complexity index is 837. The maximum Gasteiger partial charge on any atom is 0.277 e. The van der Waals surface area contributed by atoms with Crippen LogP contribution in [0.3, 0.4) is 0 Å². The van der Waals surface area contributed by atoms with Crippen molar-refractivity contribution in [3.05, 3.63) is 30.5 Å². The number of rotatable bonds is 3. The van der Waals surface area contributed by atoms with E-state index in [9.17, 15) is 4.79 Å². The summed E-state index contributed by atoms with van der Waals surface area (Å²) in [6.45, 7) is 1.97. The lowest BCUT2D eigenvalue weighted by molar-refractivity contribution is 0.102. The standard InChI is InChI=1S/C14H14N8O/c23-14(19-13-11-12(16-7-15-11)17-8-18-13)9-3-4-10(21-20-9)22-5-1-2-6-22/h3-4,7-8H,1-2,5-6H2,(H2,15,16,17,18,19,23). The first-order chi connectivity index (χ1) is 11.3. The van der Waals surface area contributed by atoms with Gasteiger partial charge in [-0.15, -0.1) is 10.2 Å². The molecule has 0 bridgehead atoms. The summed E-state index contributed by atoms with van der Waals surface area (Å²) in [6, 6.07) is 3.49. The van der Waals surface area contributed by atoms with Crippen molar-refractivity contribution in [1.29, 1.82) is 0 Å². The highest BCUT2D eigenvalue weighted by molar-refractivity contribution is 6.05. The molecule has 1 saturated heterocycles. The second-order valence-electron chi connectivity index (χ2n) is 5.25. The first-order valence-electron chi connectivity index (χ1n) is 7.35. The summed E-state index contributed by atoms with van der Waals surface area (Å²) in [5.41, 5.74) is 1.30. The quantitative estimate of drug-likeness (QED) is 0.741. The number of hydrogen-bond donors (Lipinski definition) is 2. The molecule has 0 spiro atoms. The highest BCUT2D eigenvalue weighted by Gasteiger charge is 2.16. The fourth-order valence-corrected chi connectivity index (χ4v) is 2.59. The van der Waals surface area contributed by atoms with E-state index in [2.05, 4.69) is 40.3 Å². The molecule has 116 valence electrons. The molecule has 4 heterocycles. The van der Waals surface area contributed by atoms with Crippen LogP contribution in [0, 0.1) is 0 Å². The summed E-state index contributed by atoms with van der Waals surface area (Å²) in [6.07, 6.45) is 5.18. The zero-order valence-electron chi connectivity index (χ0n) is 12.2. The third-order valence-corrected chi connectivity index (χ3v) is 3.77. The van der Waals surface area contributed by atoms with Crippen LogP contribution in [-0.2, 0) is 0 Å². The summed E-state index contributed by atoms with van der Waals surface area (Å²) in [5.74, 6) is 0.792. The summed E-state index contributed by atoms with van der Waals surface area (Å²) in [4.78, 5) is 29.4. The Morgan fingerprint density at radius 1 is 1.13 bits per heavy atom. The van der Waals surface area contributed by atoms with Crippen molar-refractivity contribution in [2.45, 2.75) is 12.8 Å². The number of nitrogens with one attached hydrogen (secondary N) is 2. The largest absolute Gasteiger partial charge is 0.355 e. The van der Waals surface area contributed by atoms with Gasteiger partial charge in [0.2, 0.25) is 0 Å². The van der Waals surface area contributed by atoms with E-state index in [1.54, 1.807) is 6.07 Å². The van der Waals surface area contributed by atoms with Crippen LogP contribution in [0.1, 0.15) is 23.3 Å². The summed E-state index contributed by atoms with van der Waals surface area (Å²) in [5, 5.41) is 10.9. The van der Waals surface area contributed by atoms with Crippen molar-refractivity contribution < 1.29 is 4.79 Å². The zero-order valence-corrected chi connectivity index (χ0v) is 12.2. The summed E-state index contributed by atoms with van der Waals surface area (Å²) < 4.78 is 0. The van der Waals surface area contributed by atoms with Crippen molar-refractivity contribution in [3.63, 3.8) is 0 Å². The lowest BCUT2D eigenvalue weighted by atomic mass is 10.3. The van der Waals surface area contributed by atoms with Crippen LogP contribution in [0.4, 0.5) is 11.6 Å². The van der Waals surface area contributed by atoms with Gasteiger partial charge in [-0.2, -0.15) is 0 Å². The molecular formula is C14H14N8O. The molecule has 2 N–H and O–H groups in total. The number of H-pyrrole nitrogens is 1. The van der Waals surface area contributed by atoms with Gasteiger partial charge in [-0.1, -0.05) is 0 Å². The molecule has 0 unspecified atom stereocenters. The molecular weight excluding hydrogens is 296 g/mol. The van der Waals surface area contributed by atoms with Crippen molar-refractivity contribution in [2.75, 3.05) is 23.3 Å². The number of carbonyl (C=O) groups is 1. The molecule has 0 radical (unpaired) electrons. The van der Waals surface area contributed by atoms with Gasteiger partial charge in [0.1, 0.15) is 11.8 Å². The van der Waals surface area contributed by atoms with E-state index in [0.29, 0.717) is 17.0 Å². The zero-order chi connectivity index (χ0) is 15.6. The number of imidazole rings is 1. The highest BCUT2D eigenvalue weighted by Crippen LogP contribution is 2.18. The smallest absolute Gasteiger partial charge is 0.277 e. The van der Waals surface area contributed by atoms with Crippen LogP contribution in [0.2, 0.25) is 0 Å². The van der Waals surface area contributed by atoms with Gasteiger partial charge in [-0.05, 0) is 25.0 Å². The molecule has 9 heteroatoms. The number of hydrogen-bond acceptors (Lipinski definition) is 7. The lowest BCUT2D eigenvalue weighted by Crippen LogP contribution is -2.21. The van der Waals surface area contributed by atoms with E-state index in [-0.39, 0.29) is 11.6 Å². The Labute approximate surface area is 131 Å². The molecule has 4 rings (SSSR count). The molecule has 9 nitrogen and oxygen atoms in total. The third-order valence-electron chi connectivity index (χ3n) is 3.77. The van der Waals surface area contributed by atoms with Crippen LogP contribution >= 0.6 is 0 Å². The summed E-state index contributed by atoms with van der Waals surface area (Å²) in [7, 11) is 0. The van der Waals surface area contributed by atoms with E-state index >= 15 is 0 Å². The number of anilines is 2. The van der Waals surface area contributed by atoms with E-state index in [1.165, 1.54) is 12.7 Å².